The molecule has 0 amide bonds. The molecule has 0 N–H and O–H groups in total. The Balaban J connectivity index is 3.05. The van der Waals surface area contributed by atoms with Gasteiger partial charge in [0.05, 0.1) is 6.61 Å². The Morgan fingerprint density at radius 2 is 1.04 bits per heavy atom. The summed E-state index contributed by atoms with van der Waals surface area (Å²) in [4.78, 5) is 20.5. The van der Waals surface area contributed by atoms with E-state index in [1.165, 1.54) is 89.9 Å². The van der Waals surface area contributed by atoms with Crippen molar-refractivity contribution in [1.82, 2.24) is 0 Å². The van der Waals surface area contributed by atoms with Crippen molar-refractivity contribution < 1.29 is 14.6 Å². The van der Waals surface area contributed by atoms with Gasteiger partial charge in [0.25, 0.3) is 0 Å². The average molecular weight is 355 g/mol. The first-order valence-corrected chi connectivity index (χ1v) is 10.7. The minimum Gasteiger partial charge on any atom is -0.293 e. The van der Waals surface area contributed by atoms with E-state index < -0.39 is 5.97 Å². The Morgan fingerprint density at radius 1 is 0.680 bits per heavy atom. The van der Waals surface area contributed by atoms with Crippen LogP contribution < -0.4 is 0 Å². The summed E-state index contributed by atoms with van der Waals surface area (Å²) in [5.41, 5.74) is 0.368. The van der Waals surface area contributed by atoms with Gasteiger partial charge in [-0.05, 0) is 13.3 Å². The van der Waals surface area contributed by atoms with E-state index in [0.717, 1.165) is 12.8 Å². The van der Waals surface area contributed by atoms with Crippen LogP contribution in [0.3, 0.4) is 0 Å². The molecule has 0 unspecified atom stereocenters. The summed E-state index contributed by atoms with van der Waals surface area (Å²) >= 11 is 0. The van der Waals surface area contributed by atoms with Crippen LogP contribution in [0.2, 0.25) is 0 Å². The van der Waals surface area contributed by atoms with Gasteiger partial charge in [0, 0.05) is 5.57 Å². The van der Waals surface area contributed by atoms with Gasteiger partial charge in [-0.25, -0.2) is 4.79 Å². The molecule has 0 rings (SSSR count). The van der Waals surface area contributed by atoms with Crippen molar-refractivity contribution in [2.24, 2.45) is 0 Å². The summed E-state index contributed by atoms with van der Waals surface area (Å²) in [7, 11) is 0. The Bertz CT molecular complexity index is 312. The van der Waals surface area contributed by atoms with Gasteiger partial charge in [-0.3, -0.25) is 4.89 Å². The SMILES string of the molecule is C=C(C)C(=O)OOCCCCCCCCCCCCCCCCCC. The highest BCUT2D eigenvalue weighted by molar-refractivity contribution is 5.86. The van der Waals surface area contributed by atoms with Gasteiger partial charge in [0.2, 0.25) is 0 Å². The van der Waals surface area contributed by atoms with Crippen molar-refractivity contribution in [3.05, 3.63) is 12.2 Å². The second-order valence-electron chi connectivity index (χ2n) is 7.28. The maximum Gasteiger partial charge on any atom is 0.368 e. The normalized spacial score (nSPS) is 10.8. The number of carbonyl (C=O) groups is 1. The van der Waals surface area contributed by atoms with Crippen LogP contribution >= 0.6 is 0 Å². The molecule has 0 aliphatic rings. The molecule has 0 aromatic carbocycles. The van der Waals surface area contributed by atoms with Crippen LogP contribution in [-0.4, -0.2) is 12.6 Å². The van der Waals surface area contributed by atoms with E-state index in [9.17, 15) is 4.79 Å². The third-order valence-corrected chi connectivity index (χ3v) is 4.56. The average Bonchev–Trinajstić information content (AvgIpc) is 2.60. The lowest BCUT2D eigenvalue weighted by Gasteiger charge is -2.04. The van der Waals surface area contributed by atoms with Gasteiger partial charge in [-0.1, -0.05) is 110 Å². The van der Waals surface area contributed by atoms with Crippen LogP contribution in [-0.2, 0) is 14.6 Å². The number of carbonyl (C=O) groups excluding carboxylic acids is 1. The Kier molecular flexibility index (Phi) is 18.8. The number of rotatable bonds is 19. The number of hydrogen-bond acceptors (Lipinski definition) is 3. The fraction of sp³-hybridized carbons (Fsp3) is 0.864. The lowest BCUT2D eigenvalue weighted by molar-refractivity contribution is -0.268. The molecule has 25 heavy (non-hydrogen) atoms. The maximum absolute atomic E-state index is 11.1. The highest BCUT2D eigenvalue weighted by Gasteiger charge is 2.03. The number of hydrogen-bond donors (Lipinski definition) is 0. The molecule has 3 heteroatoms. The fourth-order valence-electron chi connectivity index (χ4n) is 2.88. The summed E-state index contributed by atoms with van der Waals surface area (Å²) in [6.45, 7) is 7.87. The van der Waals surface area contributed by atoms with Gasteiger partial charge in [0.1, 0.15) is 0 Å². The molecule has 0 aromatic heterocycles. The van der Waals surface area contributed by atoms with Crippen molar-refractivity contribution in [3.8, 4) is 0 Å². The van der Waals surface area contributed by atoms with E-state index in [1.807, 2.05) is 0 Å². The highest BCUT2D eigenvalue weighted by Crippen LogP contribution is 2.13. The lowest BCUT2D eigenvalue weighted by atomic mass is 10.0. The van der Waals surface area contributed by atoms with Gasteiger partial charge in [0.15, 0.2) is 0 Å². The molecular formula is C22H42O3. The van der Waals surface area contributed by atoms with Crippen LogP contribution in [0.25, 0.3) is 0 Å². The monoisotopic (exact) mass is 354 g/mol. The standard InChI is InChI=1S/C22H42O3/c1-4-5-6-7-8-9-10-11-12-13-14-15-16-17-18-19-20-24-25-22(23)21(2)3/h2,4-20H2,1,3H3. The van der Waals surface area contributed by atoms with Crippen LogP contribution in [0.15, 0.2) is 12.2 Å². The maximum atomic E-state index is 11.1. The fourth-order valence-corrected chi connectivity index (χ4v) is 2.88. The third kappa shape index (κ3) is 19.3. The molecule has 0 bridgehead atoms. The van der Waals surface area contributed by atoms with Crippen LogP contribution in [0, 0.1) is 0 Å². The zero-order chi connectivity index (χ0) is 18.6. The summed E-state index contributed by atoms with van der Waals surface area (Å²) in [6.07, 6.45) is 21.5. The molecule has 0 aliphatic carbocycles. The summed E-state index contributed by atoms with van der Waals surface area (Å²) in [5.74, 6) is -0.475. The summed E-state index contributed by atoms with van der Waals surface area (Å²) in [5, 5.41) is 0. The molecule has 0 saturated carbocycles. The van der Waals surface area contributed by atoms with Crippen molar-refractivity contribution in [2.75, 3.05) is 6.61 Å². The second kappa shape index (κ2) is 19.5. The van der Waals surface area contributed by atoms with Gasteiger partial charge < -0.3 is 0 Å². The van der Waals surface area contributed by atoms with E-state index >= 15 is 0 Å². The van der Waals surface area contributed by atoms with Gasteiger partial charge in [-0.2, -0.15) is 4.89 Å². The molecule has 0 spiro atoms. The predicted octanol–water partition coefficient (Wildman–Crippen LogP) is 7.30. The smallest absolute Gasteiger partial charge is 0.293 e. The molecule has 3 nitrogen and oxygen atoms in total. The van der Waals surface area contributed by atoms with Crippen molar-refractivity contribution >= 4 is 5.97 Å². The Morgan fingerprint density at radius 3 is 1.40 bits per heavy atom. The highest BCUT2D eigenvalue weighted by atomic mass is 17.2. The molecular weight excluding hydrogens is 312 g/mol. The quantitative estimate of drug-likeness (QED) is 0.106. The van der Waals surface area contributed by atoms with Crippen molar-refractivity contribution in [3.63, 3.8) is 0 Å². The van der Waals surface area contributed by atoms with Crippen molar-refractivity contribution in [1.29, 1.82) is 0 Å². The van der Waals surface area contributed by atoms with Crippen molar-refractivity contribution in [2.45, 2.75) is 117 Å². The number of unbranched alkanes of at least 4 members (excludes halogenated alkanes) is 15. The topological polar surface area (TPSA) is 35.5 Å². The lowest BCUT2D eigenvalue weighted by Crippen LogP contribution is -2.06. The minimum atomic E-state index is -0.475. The van der Waals surface area contributed by atoms with Crippen LogP contribution in [0.4, 0.5) is 0 Å². The Hall–Kier alpha value is -0.830. The molecule has 0 aliphatic heterocycles. The zero-order valence-corrected chi connectivity index (χ0v) is 17.0. The van der Waals surface area contributed by atoms with E-state index in [4.69, 9.17) is 4.89 Å². The first-order chi connectivity index (χ1) is 12.2. The first-order valence-electron chi connectivity index (χ1n) is 10.7. The molecule has 148 valence electrons. The predicted molar refractivity (Wildman–Crippen MR) is 106 cm³/mol. The molecule has 0 heterocycles. The van der Waals surface area contributed by atoms with E-state index in [-0.39, 0.29) is 0 Å². The molecule has 0 saturated heterocycles. The third-order valence-electron chi connectivity index (χ3n) is 4.56. The van der Waals surface area contributed by atoms with Crippen LogP contribution in [0.1, 0.15) is 117 Å². The minimum absolute atomic E-state index is 0.368. The van der Waals surface area contributed by atoms with E-state index in [1.54, 1.807) is 6.92 Å². The summed E-state index contributed by atoms with van der Waals surface area (Å²) in [6, 6.07) is 0. The molecule has 0 atom stereocenters. The van der Waals surface area contributed by atoms with E-state index in [0.29, 0.717) is 12.2 Å². The van der Waals surface area contributed by atoms with E-state index in [2.05, 4.69) is 18.4 Å². The van der Waals surface area contributed by atoms with Crippen LogP contribution in [0.5, 0.6) is 0 Å². The second-order valence-corrected chi connectivity index (χ2v) is 7.28. The Labute approximate surface area is 156 Å². The van der Waals surface area contributed by atoms with Gasteiger partial charge >= 0.3 is 5.97 Å². The summed E-state index contributed by atoms with van der Waals surface area (Å²) < 4.78 is 0. The zero-order valence-electron chi connectivity index (χ0n) is 17.0. The molecule has 0 aromatic rings. The first kappa shape index (κ1) is 24.2. The molecule has 0 radical (unpaired) electrons. The van der Waals surface area contributed by atoms with Gasteiger partial charge in [-0.15, -0.1) is 0 Å². The largest absolute Gasteiger partial charge is 0.368 e. The molecule has 0 fully saturated rings.